The molecule has 0 saturated heterocycles. The molecular formula is C11H14FNO3S. The standard InChI is InChI=1S/C11H14FNO3S/c1-3-17(15,16)8(2)11(13-14)9-4-6-10(12)7-5-9/h4-8,14H,3H2,1-2H3. The van der Waals surface area contributed by atoms with Crippen LogP contribution >= 0.6 is 0 Å². The molecule has 0 aliphatic heterocycles. The van der Waals surface area contributed by atoms with Gasteiger partial charge in [-0.3, -0.25) is 0 Å². The molecule has 17 heavy (non-hydrogen) atoms. The first-order valence-electron chi connectivity index (χ1n) is 5.11. The molecule has 0 spiro atoms. The molecule has 1 rings (SSSR count). The van der Waals surface area contributed by atoms with Crippen molar-refractivity contribution in [2.45, 2.75) is 19.1 Å². The highest BCUT2D eigenvalue weighted by molar-refractivity contribution is 7.92. The van der Waals surface area contributed by atoms with Crippen molar-refractivity contribution in [2.24, 2.45) is 5.16 Å². The van der Waals surface area contributed by atoms with Crippen molar-refractivity contribution in [3.05, 3.63) is 35.6 Å². The minimum absolute atomic E-state index is 0.0202. The zero-order valence-corrected chi connectivity index (χ0v) is 10.4. The Kier molecular flexibility index (Phi) is 4.22. The third-order valence-corrected chi connectivity index (χ3v) is 4.68. The van der Waals surface area contributed by atoms with Gasteiger partial charge in [0.1, 0.15) is 16.8 Å². The van der Waals surface area contributed by atoms with Gasteiger partial charge < -0.3 is 5.21 Å². The van der Waals surface area contributed by atoms with Gasteiger partial charge in [0, 0.05) is 11.3 Å². The van der Waals surface area contributed by atoms with Gasteiger partial charge in [-0.25, -0.2) is 12.8 Å². The Hall–Kier alpha value is -1.43. The summed E-state index contributed by atoms with van der Waals surface area (Å²) in [5, 5.41) is 11.0. The summed E-state index contributed by atoms with van der Waals surface area (Å²) in [6.07, 6.45) is 0. The lowest BCUT2D eigenvalue weighted by molar-refractivity contribution is 0.318. The van der Waals surface area contributed by atoms with Crippen LogP contribution in [0.3, 0.4) is 0 Å². The van der Waals surface area contributed by atoms with Crippen LogP contribution in [-0.2, 0) is 9.84 Å². The lowest BCUT2D eigenvalue weighted by Crippen LogP contribution is -2.29. The predicted octanol–water partition coefficient (Wildman–Crippen LogP) is 1.83. The molecule has 0 heterocycles. The van der Waals surface area contributed by atoms with Crippen molar-refractivity contribution in [3.8, 4) is 0 Å². The fourth-order valence-electron chi connectivity index (χ4n) is 1.41. The summed E-state index contributed by atoms with van der Waals surface area (Å²) in [6.45, 7) is 2.96. The molecule has 0 fully saturated rings. The van der Waals surface area contributed by atoms with E-state index < -0.39 is 20.9 Å². The Balaban J connectivity index is 3.14. The quantitative estimate of drug-likeness (QED) is 0.509. The number of nitrogens with zero attached hydrogens (tertiary/aromatic N) is 1. The lowest BCUT2D eigenvalue weighted by atomic mass is 10.1. The monoisotopic (exact) mass is 259 g/mol. The van der Waals surface area contributed by atoms with Crippen LogP contribution in [0.25, 0.3) is 0 Å². The van der Waals surface area contributed by atoms with Gasteiger partial charge in [-0.15, -0.1) is 0 Å². The molecule has 0 aliphatic rings. The van der Waals surface area contributed by atoms with Crippen LogP contribution in [0.4, 0.5) is 4.39 Å². The molecule has 1 N–H and O–H groups in total. The lowest BCUT2D eigenvalue weighted by Gasteiger charge is -2.13. The Morgan fingerprint density at radius 2 is 1.94 bits per heavy atom. The largest absolute Gasteiger partial charge is 0.411 e. The van der Waals surface area contributed by atoms with Crippen LogP contribution in [0, 0.1) is 5.82 Å². The second-order valence-corrected chi connectivity index (χ2v) is 6.20. The van der Waals surface area contributed by atoms with Gasteiger partial charge in [0.05, 0.1) is 0 Å². The second-order valence-electron chi connectivity index (χ2n) is 3.59. The molecule has 1 unspecified atom stereocenters. The van der Waals surface area contributed by atoms with E-state index in [1.165, 1.54) is 38.1 Å². The molecule has 0 saturated carbocycles. The normalized spacial score (nSPS) is 14.6. The average Bonchev–Trinajstić information content (AvgIpc) is 2.32. The maximum Gasteiger partial charge on any atom is 0.158 e. The van der Waals surface area contributed by atoms with E-state index in [9.17, 15) is 12.8 Å². The summed E-state index contributed by atoms with van der Waals surface area (Å²) in [5.41, 5.74) is 0.408. The SMILES string of the molecule is CCS(=O)(=O)C(C)C(=NO)c1ccc(F)cc1. The molecule has 0 aromatic heterocycles. The first kappa shape index (κ1) is 13.6. The minimum Gasteiger partial charge on any atom is -0.411 e. The number of benzene rings is 1. The Labute approximate surface area is 99.7 Å². The molecule has 6 heteroatoms. The molecule has 1 aromatic carbocycles. The molecule has 1 atom stereocenters. The number of oxime groups is 1. The van der Waals surface area contributed by atoms with Crippen molar-refractivity contribution in [2.75, 3.05) is 5.75 Å². The Morgan fingerprint density at radius 1 is 1.41 bits per heavy atom. The average molecular weight is 259 g/mol. The van der Waals surface area contributed by atoms with E-state index in [4.69, 9.17) is 5.21 Å². The van der Waals surface area contributed by atoms with Crippen LogP contribution in [0.5, 0.6) is 0 Å². The van der Waals surface area contributed by atoms with Gasteiger partial charge >= 0.3 is 0 Å². The Morgan fingerprint density at radius 3 is 2.35 bits per heavy atom. The van der Waals surface area contributed by atoms with E-state index in [-0.39, 0.29) is 11.5 Å². The second kappa shape index (κ2) is 5.27. The van der Waals surface area contributed by atoms with E-state index in [0.717, 1.165) is 0 Å². The third kappa shape index (κ3) is 3.03. The van der Waals surface area contributed by atoms with Crippen LogP contribution in [0.15, 0.2) is 29.4 Å². The zero-order chi connectivity index (χ0) is 13.1. The smallest absolute Gasteiger partial charge is 0.158 e. The van der Waals surface area contributed by atoms with Crippen LogP contribution in [-0.4, -0.2) is 30.3 Å². The molecule has 0 radical (unpaired) electrons. The predicted molar refractivity (Wildman–Crippen MR) is 63.6 cm³/mol. The van der Waals surface area contributed by atoms with Gasteiger partial charge in [0.2, 0.25) is 0 Å². The van der Waals surface area contributed by atoms with E-state index >= 15 is 0 Å². The highest BCUT2D eigenvalue weighted by Crippen LogP contribution is 2.13. The van der Waals surface area contributed by atoms with Crippen LogP contribution in [0.1, 0.15) is 19.4 Å². The van der Waals surface area contributed by atoms with Crippen molar-refractivity contribution in [1.82, 2.24) is 0 Å². The summed E-state index contributed by atoms with van der Waals surface area (Å²) in [6, 6.07) is 5.13. The van der Waals surface area contributed by atoms with Crippen LogP contribution < -0.4 is 0 Å². The topological polar surface area (TPSA) is 66.7 Å². The first-order valence-corrected chi connectivity index (χ1v) is 6.83. The minimum atomic E-state index is -3.35. The Bertz CT molecular complexity index is 508. The van der Waals surface area contributed by atoms with Gasteiger partial charge in [0.25, 0.3) is 0 Å². The molecule has 0 bridgehead atoms. The first-order chi connectivity index (χ1) is 7.92. The number of rotatable bonds is 4. The van der Waals surface area contributed by atoms with Crippen molar-refractivity contribution >= 4 is 15.5 Å². The van der Waals surface area contributed by atoms with E-state index in [0.29, 0.717) is 5.56 Å². The van der Waals surface area contributed by atoms with Gasteiger partial charge in [-0.05, 0) is 19.1 Å². The molecular weight excluding hydrogens is 245 g/mol. The number of sulfone groups is 1. The fourth-order valence-corrected chi connectivity index (χ4v) is 2.44. The van der Waals surface area contributed by atoms with Gasteiger partial charge in [0.15, 0.2) is 9.84 Å². The number of hydrogen-bond donors (Lipinski definition) is 1. The van der Waals surface area contributed by atoms with Crippen molar-refractivity contribution in [3.63, 3.8) is 0 Å². The molecule has 0 amide bonds. The molecule has 4 nitrogen and oxygen atoms in total. The van der Waals surface area contributed by atoms with E-state index in [1.807, 2.05) is 0 Å². The van der Waals surface area contributed by atoms with E-state index in [1.54, 1.807) is 0 Å². The summed E-state index contributed by atoms with van der Waals surface area (Å²) >= 11 is 0. The van der Waals surface area contributed by atoms with Gasteiger partial charge in [-0.2, -0.15) is 0 Å². The highest BCUT2D eigenvalue weighted by Gasteiger charge is 2.25. The van der Waals surface area contributed by atoms with E-state index in [2.05, 4.69) is 5.16 Å². The van der Waals surface area contributed by atoms with Gasteiger partial charge in [-0.1, -0.05) is 24.2 Å². The molecule has 0 aliphatic carbocycles. The number of halogens is 1. The number of hydrogen-bond acceptors (Lipinski definition) is 4. The summed E-state index contributed by atoms with van der Waals surface area (Å²) in [7, 11) is -3.35. The summed E-state index contributed by atoms with van der Waals surface area (Å²) in [4.78, 5) is 0. The summed E-state index contributed by atoms with van der Waals surface area (Å²) in [5.74, 6) is -0.481. The zero-order valence-electron chi connectivity index (χ0n) is 9.59. The molecule has 94 valence electrons. The fraction of sp³-hybridized carbons (Fsp3) is 0.364. The maximum absolute atomic E-state index is 12.7. The van der Waals surface area contributed by atoms with Crippen molar-refractivity contribution in [1.29, 1.82) is 0 Å². The van der Waals surface area contributed by atoms with Crippen LogP contribution in [0.2, 0.25) is 0 Å². The van der Waals surface area contributed by atoms with Crippen molar-refractivity contribution < 1.29 is 18.0 Å². The summed E-state index contributed by atoms with van der Waals surface area (Å²) < 4.78 is 36.1. The third-order valence-electron chi connectivity index (χ3n) is 2.57. The highest BCUT2D eigenvalue weighted by atomic mass is 32.2. The maximum atomic E-state index is 12.7. The molecule has 1 aromatic rings.